The van der Waals surface area contributed by atoms with Gasteiger partial charge in [0.15, 0.2) is 5.78 Å². The van der Waals surface area contributed by atoms with Gasteiger partial charge in [-0.15, -0.1) is 0 Å². The predicted molar refractivity (Wildman–Crippen MR) is 115 cm³/mol. The Morgan fingerprint density at radius 3 is 2.50 bits per heavy atom. The fraction of sp³-hybridized carbons (Fsp3) is 0.333. The molecule has 1 saturated heterocycles. The molecule has 12 heteroatoms. The summed E-state index contributed by atoms with van der Waals surface area (Å²) in [7, 11) is 0. The van der Waals surface area contributed by atoms with E-state index in [9.17, 15) is 35.1 Å². The average Bonchev–Trinajstić information content (AvgIpc) is 3.51. The number of phenols is 2. The van der Waals surface area contributed by atoms with Gasteiger partial charge in [-0.05, 0) is 18.2 Å². The van der Waals surface area contributed by atoms with E-state index in [1.807, 2.05) is 0 Å². The summed E-state index contributed by atoms with van der Waals surface area (Å²) >= 11 is 0. The van der Waals surface area contributed by atoms with Crippen LogP contribution in [0.3, 0.4) is 0 Å². The monoisotopic (exact) mass is 500 g/mol. The number of hydrogen-bond acceptors (Lipinski definition) is 12. The Morgan fingerprint density at radius 2 is 1.75 bits per heavy atom. The number of aliphatic hydroxyl groups excluding tert-OH is 4. The van der Waals surface area contributed by atoms with E-state index < -0.39 is 72.6 Å². The van der Waals surface area contributed by atoms with Crippen molar-refractivity contribution in [2.24, 2.45) is 0 Å². The van der Waals surface area contributed by atoms with Crippen molar-refractivity contribution in [2.45, 2.75) is 42.9 Å². The highest BCUT2D eigenvalue weighted by Crippen LogP contribution is 2.51. The summed E-state index contributed by atoms with van der Waals surface area (Å²) in [5, 5.41) is 60.7. The zero-order chi connectivity index (χ0) is 25.5. The van der Waals surface area contributed by atoms with Gasteiger partial charge < -0.3 is 49.6 Å². The smallest absolute Gasteiger partial charge is 0.250 e. The third-order valence-corrected chi connectivity index (χ3v) is 6.78. The summed E-state index contributed by atoms with van der Waals surface area (Å²) in [6.45, 7) is -0.735. The highest BCUT2D eigenvalue weighted by atomic mass is 16.7. The molecule has 3 heterocycles. The van der Waals surface area contributed by atoms with Crippen molar-refractivity contribution >= 4 is 11.6 Å². The van der Waals surface area contributed by atoms with Crippen LogP contribution in [0.2, 0.25) is 0 Å². The minimum atomic E-state index is -1.63. The molecule has 6 rings (SSSR count). The largest absolute Gasteiger partial charge is 0.507 e. The Hall–Kier alpha value is -3.68. The van der Waals surface area contributed by atoms with Gasteiger partial charge in [0.1, 0.15) is 47.4 Å². The molecule has 0 bridgehead atoms. The summed E-state index contributed by atoms with van der Waals surface area (Å²) < 4.78 is 21.8. The molecule has 0 aromatic heterocycles. The van der Waals surface area contributed by atoms with E-state index in [0.29, 0.717) is 5.56 Å². The maximum atomic E-state index is 13.4. The maximum absolute atomic E-state index is 13.4. The lowest BCUT2D eigenvalue weighted by Gasteiger charge is -2.23. The number of carbonyl (C=O) groups excluding carboxylic acids is 2. The fourth-order valence-corrected chi connectivity index (χ4v) is 5.01. The maximum Gasteiger partial charge on any atom is 0.250 e. The quantitative estimate of drug-likeness (QED) is 0.267. The van der Waals surface area contributed by atoms with E-state index >= 15 is 0 Å². The van der Waals surface area contributed by atoms with Crippen LogP contribution in [0.15, 0.2) is 30.5 Å². The van der Waals surface area contributed by atoms with E-state index in [0.717, 1.165) is 12.1 Å². The molecule has 0 saturated carbocycles. The van der Waals surface area contributed by atoms with Gasteiger partial charge in [0.2, 0.25) is 12.1 Å². The molecule has 0 unspecified atom stereocenters. The lowest BCUT2D eigenvalue weighted by molar-refractivity contribution is -0.137. The third kappa shape index (κ3) is 3.06. The van der Waals surface area contributed by atoms with Crippen LogP contribution < -0.4 is 9.47 Å². The third-order valence-electron chi connectivity index (χ3n) is 6.78. The average molecular weight is 500 g/mol. The first-order chi connectivity index (χ1) is 17.2. The number of phenolic OH excluding ortho intramolecular Hbond substituents is 2. The Labute approximate surface area is 202 Å². The number of benzene rings is 2. The second-order valence-corrected chi connectivity index (χ2v) is 8.88. The van der Waals surface area contributed by atoms with Gasteiger partial charge >= 0.3 is 0 Å². The first-order valence-corrected chi connectivity index (χ1v) is 11.0. The van der Waals surface area contributed by atoms with Gasteiger partial charge in [0, 0.05) is 17.2 Å². The predicted octanol–water partition coefficient (Wildman–Crippen LogP) is -0.602. The summed E-state index contributed by atoms with van der Waals surface area (Å²) in [5.41, 5.74) is -0.662. The molecule has 6 N–H and O–H groups in total. The van der Waals surface area contributed by atoms with E-state index in [1.54, 1.807) is 6.08 Å². The molecule has 7 atom stereocenters. The zero-order valence-corrected chi connectivity index (χ0v) is 18.3. The Morgan fingerprint density at radius 1 is 1.00 bits per heavy atom. The molecule has 2 aromatic rings. The lowest BCUT2D eigenvalue weighted by Crippen LogP contribution is -2.40. The number of fused-ring (bicyclic) bond motifs is 5. The van der Waals surface area contributed by atoms with Gasteiger partial charge in [0.25, 0.3) is 6.29 Å². The molecule has 0 spiro atoms. The Kier molecular flexibility index (Phi) is 5.00. The number of ether oxygens (including phenoxy) is 4. The van der Waals surface area contributed by atoms with Crippen LogP contribution in [0.5, 0.6) is 23.0 Å². The van der Waals surface area contributed by atoms with E-state index in [1.165, 1.54) is 12.3 Å². The van der Waals surface area contributed by atoms with Crippen molar-refractivity contribution in [3.8, 4) is 23.0 Å². The van der Waals surface area contributed by atoms with Crippen molar-refractivity contribution in [1.82, 2.24) is 0 Å². The Balaban J connectivity index is 1.36. The second kappa shape index (κ2) is 7.91. The highest BCUT2D eigenvalue weighted by molar-refractivity contribution is 6.30. The minimum Gasteiger partial charge on any atom is -0.507 e. The number of aromatic hydroxyl groups is 2. The number of ketones is 2. The summed E-state index contributed by atoms with van der Waals surface area (Å²) in [4.78, 5) is 26.7. The van der Waals surface area contributed by atoms with Crippen molar-refractivity contribution in [2.75, 3.05) is 6.61 Å². The molecular formula is C24H20O12. The second-order valence-electron chi connectivity index (χ2n) is 8.88. The molecule has 12 nitrogen and oxygen atoms in total. The van der Waals surface area contributed by atoms with Crippen molar-refractivity contribution < 1.29 is 59.2 Å². The molecule has 0 radical (unpaired) electrons. The normalized spacial score (nSPS) is 30.2. The number of rotatable bonds is 4. The SMILES string of the molecule is O=C1c2cc(O[C@@H]3O[C@@H]([C@H](O)CO)[C@H](O)[C@H]3O)cc(O)c2C(=O)c2c1cc1c(c2O)[C@@H]2C=CO[C@@H]2O1. The van der Waals surface area contributed by atoms with Crippen molar-refractivity contribution in [3.05, 3.63) is 58.4 Å². The standard InChI is InChI=1S/C24H20O12/c25-6-12(27)22-20(31)21(32)24(36-22)34-7-3-9-14(11(26)4-7)18(29)16-10(17(9)28)5-13-15(19(16)30)8-1-2-33-23(8)35-13/h1-5,8,12,20-27,30-32H,6H2/t8-,12+,20+,21+,22-,23+,24+/m0/s1. The van der Waals surface area contributed by atoms with Gasteiger partial charge in [-0.2, -0.15) is 0 Å². The first kappa shape index (κ1) is 22.8. The lowest BCUT2D eigenvalue weighted by atomic mass is 9.80. The molecule has 3 aliphatic heterocycles. The van der Waals surface area contributed by atoms with Crippen molar-refractivity contribution in [1.29, 1.82) is 0 Å². The Bertz CT molecular complexity index is 1330. The number of aliphatic hydroxyl groups is 4. The number of carbonyl (C=O) groups is 2. The van der Waals surface area contributed by atoms with Gasteiger partial charge in [-0.25, -0.2) is 0 Å². The van der Waals surface area contributed by atoms with Crippen LogP contribution in [0.1, 0.15) is 43.3 Å². The van der Waals surface area contributed by atoms with Crippen LogP contribution in [0.25, 0.3) is 0 Å². The molecule has 1 aliphatic carbocycles. The van der Waals surface area contributed by atoms with Crippen LogP contribution >= 0.6 is 0 Å². The topological polar surface area (TPSA) is 192 Å². The summed E-state index contributed by atoms with van der Waals surface area (Å²) in [5.74, 6) is -2.98. The molecule has 36 heavy (non-hydrogen) atoms. The van der Waals surface area contributed by atoms with Crippen LogP contribution in [-0.4, -0.2) is 85.8 Å². The van der Waals surface area contributed by atoms with Gasteiger partial charge in [0.05, 0.1) is 35.5 Å². The van der Waals surface area contributed by atoms with E-state index in [2.05, 4.69) is 0 Å². The van der Waals surface area contributed by atoms with Crippen LogP contribution in [-0.2, 0) is 9.47 Å². The fourth-order valence-electron chi connectivity index (χ4n) is 5.01. The van der Waals surface area contributed by atoms with Crippen LogP contribution in [0.4, 0.5) is 0 Å². The number of hydrogen-bond donors (Lipinski definition) is 6. The van der Waals surface area contributed by atoms with E-state index in [4.69, 9.17) is 24.1 Å². The molecular weight excluding hydrogens is 480 g/mol. The van der Waals surface area contributed by atoms with Gasteiger partial charge in [-0.1, -0.05) is 0 Å². The summed E-state index contributed by atoms with van der Waals surface area (Å²) in [6.07, 6.45) is -5.21. The first-order valence-electron chi connectivity index (χ1n) is 11.0. The minimum absolute atomic E-state index is 0.136. The molecule has 0 amide bonds. The van der Waals surface area contributed by atoms with Crippen molar-refractivity contribution in [3.63, 3.8) is 0 Å². The van der Waals surface area contributed by atoms with Crippen LogP contribution in [0, 0.1) is 0 Å². The molecule has 2 aromatic carbocycles. The van der Waals surface area contributed by atoms with Gasteiger partial charge in [-0.3, -0.25) is 9.59 Å². The molecule has 1 fully saturated rings. The molecule has 4 aliphatic rings. The molecule has 188 valence electrons. The highest BCUT2D eigenvalue weighted by Gasteiger charge is 2.48. The van der Waals surface area contributed by atoms with E-state index in [-0.39, 0.29) is 33.8 Å². The summed E-state index contributed by atoms with van der Waals surface area (Å²) in [6, 6.07) is 3.52. The zero-order valence-electron chi connectivity index (χ0n) is 18.3.